The first-order valence-electron chi connectivity index (χ1n) is 3.91. The van der Waals surface area contributed by atoms with Gasteiger partial charge < -0.3 is 10.5 Å². The molecule has 15 heavy (non-hydrogen) atoms. The van der Waals surface area contributed by atoms with E-state index in [1.807, 2.05) is 0 Å². The molecule has 6 heteroatoms. The van der Waals surface area contributed by atoms with E-state index in [2.05, 4.69) is 0 Å². The van der Waals surface area contributed by atoms with Gasteiger partial charge in [-0.25, -0.2) is 8.78 Å². The fourth-order valence-corrected chi connectivity index (χ4v) is 0.916. The summed E-state index contributed by atoms with van der Waals surface area (Å²) in [7, 11) is 0. The molecule has 1 rings (SSSR count). The molecule has 0 radical (unpaired) electrons. The summed E-state index contributed by atoms with van der Waals surface area (Å²) in [6.45, 7) is 0.339. The Labute approximate surface area is 91.9 Å². The highest BCUT2D eigenvalue weighted by Crippen LogP contribution is 2.22. The van der Waals surface area contributed by atoms with E-state index < -0.39 is 17.2 Å². The summed E-state index contributed by atoms with van der Waals surface area (Å²) in [6.07, 6.45) is 0. The van der Waals surface area contributed by atoms with Gasteiger partial charge in [0, 0.05) is 6.54 Å². The first-order chi connectivity index (χ1) is 6.70. The van der Waals surface area contributed by atoms with E-state index in [0.717, 1.165) is 12.1 Å². The molecular formula is C9H9ClF2N2O. The number of hydrogen-bond acceptors (Lipinski definition) is 3. The average molecular weight is 235 g/mol. The Hall–Kier alpha value is -1.38. The fraction of sp³-hybridized carbons (Fsp3) is 0.222. The van der Waals surface area contributed by atoms with Gasteiger partial charge in [0.05, 0.1) is 0 Å². The summed E-state index contributed by atoms with van der Waals surface area (Å²) in [5, 5.41) is 8.44. The van der Waals surface area contributed by atoms with Crippen LogP contribution in [-0.4, -0.2) is 13.2 Å². The molecule has 0 amide bonds. The van der Waals surface area contributed by atoms with Crippen LogP contribution < -0.4 is 10.5 Å². The largest absolute Gasteiger partial charge is 0.489 e. The van der Waals surface area contributed by atoms with E-state index in [4.69, 9.17) is 15.7 Å². The van der Waals surface area contributed by atoms with Gasteiger partial charge in [0.1, 0.15) is 24.1 Å². The van der Waals surface area contributed by atoms with Crippen LogP contribution in [0.25, 0.3) is 0 Å². The second-order valence-corrected chi connectivity index (χ2v) is 2.48. The zero-order valence-corrected chi connectivity index (χ0v) is 8.48. The van der Waals surface area contributed by atoms with Gasteiger partial charge in [-0.1, -0.05) is 0 Å². The summed E-state index contributed by atoms with van der Waals surface area (Å²) >= 11 is 0. The summed E-state index contributed by atoms with van der Waals surface area (Å²) < 4.78 is 30.9. The van der Waals surface area contributed by atoms with E-state index in [9.17, 15) is 8.78 Å². The Morgan fingerprint density at radius 1 is 1.40 bits per heavy atom. The van der Waals surface area contributed by atoms with E-state index in [1.54, 1.807) is 0 Å². The van der Waals surface area contributed by atoms with Crippen molar-refractivity contribution in [3.63, 3.8) is 0 Å². The van der Waals surface area contributed by atoms with Crippen LogP contribution in [0.5, 0.6) is 5.75 Å². The molecule has 0 heterocycles. The number of nitrogens with two attached hydrogens (primary N) is 1. The molecule has 82 valence electrons. The molecule has 0 saturated heterocycles. The van der Waals surface area contributed by atoms with Crippen molar-refractivity contribution >= 4 is 12.4 Å². The van der Waals surface area contributed by atoms with E-state index in [0.29, 0.717) is 0 Å². The lowest BCUT2D eigenvalue weighted by atomic mass is 10.2. The number of nitriles is 1. The molecule has 0 aromatic heterocycles. The molecule has 0 fully saturated rings. The average Bonchev–Trinajstić information content (AvgIpc) is 2.18. The number of ether oxygens (including phenoxy) is 1. The lowest BCUT2D eigenvalue weighted by molar-refractivity contribution is 0.309. The highest BCUT2D eigenvalue weighted by atomic mass is 35.5. The minimum atomic E-state index is -0.985. The molecule has 0 atom stereocenters. The molecule has 0 saturated carbocycles. The summed E-state index contributed by atoms with van der Waals surface area (Å²) in [5.74, 6) is -2.04. The fourth-order valence-electron chi connectivity index (χ4n) is 0.916. The molecular weight excluding hydrogens is 226 g/mol. The van der Waals surface area contributed by atoms with Crippen LogP contribution in [-0.2, 0) is 0 Å². The highest BCUT2D eigenvalue weighted by molar-refractivity contribution is 5.85. The van der Waals surface area contributed by atoms with Crippen molar-refractivity contribution in [1.29, 1.82) is 5.26 Å². The predicted molar refractivity (Wildman–Crippen MR) is 52.9 cm³/mol. The van der Waals surface area contributed by atoms with Crippen LogP contribution in [0, 0.1) is 23.0 Å². The van der Waals surface area contributed by atoms with Crippen molar-refractivity contribution in [2.45, 2.75) is 0 Å². The normalized spacial score (nSPS) is 8.93. The zero-order valence-electron chi connectivity index (χ0n) is 7.67. The van der Waals surface area contributed by atoms with Gasteiger partial charge in [-0.3, -0.25) is 0 Å². The van der Waals surface area contributed by atoms with Gasteiger partial charge in [-0.05, 0) is 12.1 Å². The number of benzene rings is 1. The molecule has 1 aromatic carbocycles. The molecule has 2 N–H and O–H groups in total. The molecule has 3 nitrogen and oxygen atoms in total. The van der Waals surface area contributed by atoms with E-state index in [-0.39, 0.29) is 31.3 Å². The second kappa shape index (κ2) is 6.17. The maximum atomic E-state index is 13.2. The lowest BCUT2D eigenvalue weighted by Gasteiger charge is -2.06. The Morgan fingerprint density at radius 2 is 2.07 bits per heavy atom. The first kappa shape index (κ1) is 13.6. The third-order valence-electron chi connectivity index (χ3n) is 1.54. The van der Waals surface area contributed by atoms with Crippen molar-refractivity contribution in [2.24, 2.45) is 5.73 Å². The van der Waals surface area contributed by atoms with E-state index >= 15 is 0 Å². The van der Waals surface area contributed by atoms with Crippen molar-refractivity contribution < 1.29 is 13.5 Å². The molecule has 0 unspecified atom stereocenters. The summed E-state index contributed by atoms with van der Waals surface area (Å²) in [5.41, 5.74) is 4.50. The van der Waals surface area contributed by atoms with Crippen molar-refractivity contribution in [2.75, 3.05) is 13.2 Å². The molecule has 0 spiro atoms. The molecule has 0 aliphatic carbocycles. The van der Waals surface area contributed by atoms with Crippen molar-refractivity contribution in [3.05, 3.63) is 29.3 Å². The number of rotatable bonds is 3. The maximum absolute atomic E-state index is 13.2. The zero-order chi connectivity index (χ0) is 10.6. The number of halogens is 3. The minimum Gasteiger partial charge on any atom is -0.489 e. The Bertz CT molecular complexity index is 379. The standard InChI is InChI=1S/C9H8F2N2O.ClH/c10-7-1-2-8(14-4-3-12)9(11)6(7)5-13;/h1-2H,3-4,12H2;1H. The Kier molecular flexibility index (Phi) is 5.60. The third-order valence-corrected chi connectivity index (χ3v) is 1.54. The smallest absolute Gasteiger partial charge is 0.185 e. The number of hydrogen-bond donors (Lipinski definition) is 1. The van der Waals surface area contributed by atoms with Crippen LogP contribution in [0.2, 0.25) is 0 Å². The topological polar surface area (TPSA) is 59.0 Å². The van der Waals surface area contributed by atoms with Gasteiger partial charge in [0.25, 0.3) is 0 Å². The second-order valence-electron chi connectivity index (χ2n) is 2.48. The van der Waals surface area contributed by atoms with Gasteiger partial charge in [-0.2, -0.15) is 5.26 Å². The van der Waals surface area contributed by atoms with Crippen LogP contribution in [0.15, 0.2) is 12.1 Å². The summed E-state index contributed by atoms with van der Waals surface area (Å²) in [6, 6.07) is 3.52. The molecule has 0 aliphatic heterocycles. The maximum Gasteiger partial charge on any atom is 0.185 e. The van der Waals surface area contributed by atoms with Gasteiger partial charge in [-0.15, -0.1) is 12.4 Å². The summed E-state index contributed by atoms with van der Waals surface area (Å²) in [4.78, 5) is 0. The third kappa shape index (κ3) is 3.05. The SMILES string of the molecule is Cl.N#Cc1c(F)ccc(OCCN)c1F. The van der Waals surface area contributed by atoms with Crippen LogP contribution >= 0.6 is 12.4 Å². The quantitative estimate of drug-likeness (QED) is 0.864. The van der Waals surface area contributed by atoms with Crippen LogP contribution in [0.3, 0.4) is 0 Å². The molecule has 1 aromatic rings. The Balaban J connectivity index is 0.00000196. The highest BCUT2D eigenvalue weighted by Gasteiger charge is 2.13. The molecule has 0 bridgehead atoms. The van der Waals surface area contributed by atoms with Gasteiger partial charge in [0.2, 0.25) is 0 Å². The van der Waals surface area contributed by atoms with Crippen molar-refractivity contribution in [3.8, 4) is 11.8 Å². The first-order valence-corrected chi connectivity index (χ1v) is 3.91. The molecule has 0 aliphatic rings. The van der Waals surface area contributed by atoms with Crippen LogP contribution in [0.4, 0.5) is 8.78 Å². The monoisotopic (exact) mass is 234 g/mol. The van der Waals surface area contributed by atoms with Gasteiger partial charge >= 0.3 is 0 Å². The van der Waals surface area contributed by atoms with Crippen molar-refractivity contribution in [1.82, 2.24) is 0 Å². The number of nitrogens with zero attached hydrogens (tertiary/aromatic N) is 1. The predicted octanol–water partition coefficient (Wildman–Crippen LogP) is 1.60. The minimum absolute atomic E-state index is 0. The van der Waals surface area contributed by atoms with E-state index in [1.165, 1.54) is 6.07 Å². The van der Waals surface area contributed by atoms with Crippen LogP contribution in [0.1, 0.15) is 5.56 Å². The lowest BCUT2D eigenvalue weighted by Crippen LogP contribution is -2.11. The Morgan fingerprint density at radius 3 is 2.60 bits per heavy atom. The van der Waals surface area contributed by atoms with Gasteiger partial charge in [0.15, 0.2) is 11.6 Å².